The van der Waals surface area contributed by atoms with Crippen molar-refractivity contribution in [2.45, 2.75) is 32.2 Å². The summed E-state index contributed by atoms with van der Waals surface area (Å²) in [5.41, 5.74) is 0.775. The van der Waals surface area contributed by atoms with Gasteiger partial charge in [0, 0.05) is 23.7 Å². The molecule has 2 heterocycles. The van der Waals surface area contributed by atoms with Crippen LogP contribution in [0.5, 0.6) is 11.5 Å². The van der Waals surface area contributed by atoms with Crippen LogP contribution in [0.15, 0.2) is 12.1 Å². The van der Waals surface area contributed by atoms with Gasteiger partial charge in [-0.3, -0.25) is 4.79 Å². The van der Waals surface area contributed by atoms with Gasteiger partial charge >= 0.3 is 0 Å². The molecule has 2 aliphatic rings. The molecule has 0 bridgehead atoms. The number of nitrogens with one attached hydrogen (secondary N) is 1. The number of nitrogens with zero attached hydrogens (tertiary/aromatic N) is 1. The normalized spacial score (nSPS) is 21.0. The number of fused-ring (bicyclic) bond motifs is 1. The number of piperidine rings is 1. The molecule has 1 aromatic rings. The molecule has 6 heteroatoms. The first-order chi connectivity index (χ1) is 11.2. The van der Waals surface area contributed by atoms with E-state index in [0.29, 0.717) is 29.7 Å². The minimum Gasteiger partial charge on any atom is -0.486 e. The van der Waals surface area contributed by atoms with Crippen molar-refractivity contribution in [1.29, 1.82) is 0 Å². The van der Waals surface area contributed by atoms with Gasteiger partial charge in [0.05, 0.1) is 6.42 Å². The zero-order valence-corrected chi connectivity index (χ0v) is 14.2. The second-order valence-electron chi connectivity index (χ2n) is 6.06. The molecular weight excluding hydrogens is 316 g/mol. The highest BCUT2D eigenvalue weighted by atomic mass is 35.5. The number of ether oxygens (including phenoxy) is 2. The molecule has 0 saturated carbocycles. The SMILES string of the molecule is CCN1CCC[C@H](NC(=O)Cc2cc3c(cc2Cl)OCCO3)C1. The molecule has 0 unspecified atom stereocenters. The third kappa shape index (κ3) is 4.09. The van der Waals surface area contributed by atoms with Gasteiger partial charge in [0.1, 0.15) is 13.2 Å². The van der Waals surface area contributed by atoms with E-state index < -0.39 is 0 Å². The zero-order chi connectivity index (χ0) is 16.2. The van der Waals surface area contributed by atoms with E-state index in [2.05, 4.69) is 17.1 Å². The predicted octanol–water partition coefficient (Wildman–Crippen LogP) is 2.25. The molecule has 23 heavy (non-hydrogen) atoms. The Morgan fingerprint density at radius 2 is 2.09 bits per heavy atom. The summed E-state index contributed by atoms with van der Waals surface area (Å²) in [6.07, 6.45) is 2.43. The molecule has 1 saturated heterocycles. The number of amides is 1. The Kier molecular flexibility index (Phi) is 5.28. The van der Waals surface area contributed by atoms with Gasteiger partial charge in [0.15, 0.2) is 11.5 Å². The lowest BCUT2D eigenvalue weighted by Crippen LogP contribution is -2.47. The molecule has 5 nitrogen and oxygen atoms in total. The molecule has 1 aromatic carbocycles. The maximum atomic E-state index is 12.3. The minimum absolute atomic E-state index is 0.00605. The monoisotopic (exact) mass is 338 g/mol. The standard InChI is InChI=1S/C17H23ClN2O3/c1-2-20-5-3-4-13(11-20)19-17(21)9-12-8-15-16(10-14(12)18)23-7-6-22-15/h8,10,13H,2-7,9,11H2,1H3,(H,19,21)/t13-/m0/s1. The number of carbonyl (C=O) groups is 1. The summed E-state index contributed by atoms with van der Waals surface area (Å²) in [7, 11) is 0. The molecule has 1 fully saturated rings. The number of hydrogen-bond acceptors (Lipinski definition) is 4. The van der Waals surface area contributed by atoms with E-state index in [4.69, 9.17) is 21.1 Å². The number of rotatable bonds is 4. The second kappa shape index (κ2) is 7.41. The lowest BCUT2D eigenvalue weighted by molar-refractivity contribution is -0.121. The van der Waals surface area contributed by atoms with Crippen LogP contribution < -0.4 is 14.8 Å². The molecule has 1 N–H and O–H groups in total. The number of benzene rings is 1. The van der Waals surface area contributed by atoms with Crippen molar-refractivity contribution in [2.75, 3.05) is 32.8 Å². The lowest BCUT2D eigenvalue weighted by Gasteiger charge is -2.32. The Labute approximate surface area is 141 Å². The van der Waals surface area contributed by atoms with Crippen molar-refractivity contribution >= 4 is 17.5 Å². The first-order valence-electron chi connectivity index (χ1n) is 8.25. The van der Waals surface area contributed by atoms with Gasteiger partial charge in [-0.25, -0.2) is 0 Å². The Morgan fingerprint density at radius 1 is 1.35 bits per heavy atom. The van der Waals surface area contributed by atoms with Gasteiger partial charge in [-0.05, 0) is 37.6 Å². The summed E-state index contributed by atoms with van der Waals surface area (Å²) in [4.78, 5) is 14.7. The molecule has 126 valence electrons. The van der Waals surface area contributed by atoms with E-state index in [1.54, 1.807) is 6.07 Å². The Hall–Kier alpha value is -1.46. The van der Waals surface area contributed by atoms with Crippen LogP contribution >= 0.6 is 11.6 Å². The van der Waals surface area contributed by atoms with Gasteiger partial charge in [-0.1, -0.05) is 18.5 Å². The topological polar surface area (TPSA) is 50.8 Å². The van der Waals surface area contributed by atoms with Gasteiger partial charge in [0.25, 0.3) is 0 Å². The van der Waals surface area contributed by atoms with Gasteiger partial charge in [0.2, 0.25) is 5.91 Å². The third-order valence-electron chi connectivity index (χ3n) is 4.38. The first-order valence-corrected chi connectivity index (χ1v) is 8.63. The number of halogens is 1. The minimum atomic E-state index is 0.00605. The van der Waals surface area contributed by atoms with Gasteiger partial charge in [-0.2, -0.15) is 0 Å². The van der Waals surface area contributed by atoms with Crippen LogP contribution in [0.4, 0.5) is 0 Å². The maximum absolute atomic E-state index is 12.3. The quantitative estimate of drug-likeness (QED) is 0.915. The number of hydrogen-bond donors (Lipinski definition) is 1. The van der Waals surface area contributed by atoms with Gasteiger partial charge in [-0.15, -0.1) is 0 Å². The van der Waals surface area contributed by atoms with Crippen LogP contribution in [0.1, 0.15) is 25.3 Å². The fraction of sp³-hybridized carbons (Fsp3) is 0.588. The van der Waals surface area contributed by atoms with Crippen molar-refractivity contribution in [1.82, 2.24) is 10.2 Å². The smallest absolute Gasteiger partial charge is 0.224 e. The van der Waals surface area contributed by atoms with Crippen molar-refractivity contribution in [3.05, 3.63) is 22.7 Å². The van der Waals surface area contributed by atoms with Crippen molar-refractivity contribution < 1.29 is 14.3 Å². The molecule has 0 radical (unpaired) electrons. The summed E-state index contributed by atoms with van der Waals surface area (Å²) in [5, 5.41) is 3.67. The second-order valence-corrected chi connectivity index (χ2v) is 6.47. The average molecular weight is 339 g/mol. The number of carbonyl (C=O) groups excluding carboxylic acids is 1. The zero-order valence-electron chi connectivity index (χ0n) is 13.4. The van der Waals surface area contributed by atoms with Crippen LogP contribution in [0.25, 0.3) is 0 Å². The molecule has 1 atom stereocenters. The fourth-order valence-corrected chi connectivity index (χ4v) is 3.37. The number of likely N-dealkylation sites (N-methyl/N-ethyl adjacent to an activating group) is 1. The van der Waals surface area contributed by atoms with Crippen molar-refractivity contribution in [2.24, 2.45) is 0 Å². The molecule has 3 rings (SSSR count). The van der Waals surface area contributed by atoms with Crippen LogP contribution in [0.2, 0.25) is 5.02 Å². The van der Waals surface area contributed by atoms with Crippen LogP contribution in [-0.2, 0) is 11.2 Å². The maximum Gasteiger partial charge on any atom is 0.224 e. The summed E-state index contributed by atoms with van der Waals surface area (Å²) in [5.74, 6) is 1.32. The summed E-state index contributed by atoms with van der Waals surface area (Å²) in [6.45, 7) is 6.28. The third-order valence-corrected chi connectivity index (χ3v) is 4.73. The van der Waals surface area contributed by atoms with E-state index in [1.807, 2.05) is 6.07 Å². The van der Waals surface area contributed by atoms with Crippen molar-refractivity contribution in [3.63, 3.8) is 0 Å². The summed E-state index contributed by atoms with van der Waals surface area (Å²) < 4.78 is 11.1. The Morgan fingerprint density at radius 3 is 2.83 bits per heavy atom. The van der Waals surface area contributed by atoms with Crippen LogP contribution in [0, 0.1) is 0 Å². The summed E-state index contributed by atoms with van der Waals surface area (Å²) >= 11 is 6.27. The highest BCUT2D eigenvalue weighted by Crippen LogP contribution is 2.35. The van der Waals surface area contributed by atoms with E-state index in [1.165, 1.54) is 0 Å². The molecule has 0 aliphatic carbocycles. The van der Waals surface area contributed by atoms with Crippen LogP contribution in [-0.4, -0.2) is 49.7 Å². The Bertz CT molecular complexity index is 579. The van der Waals surface area contributed by atoms with Gasteiger partial charge < -0.3 is 19.7 Å². The highest BCUT2D eigenvalue weighted by Gasteiger charge is 2.21. The molecule has 2 aliphatic heterocycles. The van der Waals surface area contributed by atoms with E-state index in [0.717, 1.165) is 38.0 Å². The van der Waals surface area contributed by atoms with Crippen molar-refractivity contribution in [3.8, 4) is 11.5 Å². The molecule has 0 spiro atoms. The predicted molar refractivity (Wildman–Crippen MR) is 89.4 cm³/mol. The lowest BCUT2D eigenvalue weighted by atomic mass is 10.0. The highest BCUT2D eigenvalue weighted by molar-refractivity contribution is 6.31. The van der Waals surface area contributed by atoms with E-state index in [-0.39, 0.29) is 18.4 Å². The largest absolute Gasteiger partial charge is 0.486 e. The molecule has 1 amide bonds. The first kappa shape index (κ1) is 16.4. The molecule has 0 aromatic heterocycles. The average Bonchev–Trinajstić information content (AvgIpc) is 2.55. The number of likely N-dealkylation sites (tertiary alicyclic amines) is 1. The van der Waals surface area contributed by atoms with E-state index in [9.17, 15) is 4.79 Å². The summed E-state index contributed by atoms with van der Waals surface area (Å²) in [6, 6.07) is 3.78. The fourth-order valence-electron chi connectivity index (χ4n) is 3.15. The van der Waals surface area contributed by atoms with Crippen LogP contribution in [0.3, 0.4) is 0 Å². The Balaban J connectivity index is 1.61. The molecular formula is C17H23ClN2O3. The van der Waals surface area contributed by atoms with E-state index >= 15 is 0 Å².